The molecule has 6 nitrogen and oxygen atoms in total. The highest BCUT2D eigenvalue weighted by molar-refractivity contribution is 7.71. The van der Waals surface area contributed by atoms with Crippen LogP contribution in [0.25, 0.3) is 11.4 Å². The van der Waals surface area contributed by atoms with E-state index in [1.54, 1.807) is 24.4 Å². The molecule has 29 heavy (non-hydrogen) atoms. The van der Waals surface area contributed by atoms with Crippen LogP contribution in [0.5, 0.6) is 0 Å². The molecule has 4 aromatic rings. The van der Waals surface area contributed by atoms with E-state index < -0.39 is 0 Å². The maximum absolute atomic E-state index is 14.2. The molecule has 0 spiro atoms. The Morgan fingerprint density at radius 1 is 1.10 bits per heavy atom. The number of hydrogen-bond acceptors (Lipinski definition) is 4. The quantitative estimate of drug-likeness (QED) is 0.392. The summed E-state index contributed by atoms with van der Waals surface area (Å²) in [7, 11) is 0. The molecular formula is C21H19FN6S. The standard InChI is InChI=1S/C21H19FN6S/c1-14-18(15(2)27(26-14)13-16-8-4-3-5-9-16)12-23-28-20(24-25-21(28)29)17-10-6-7-11-19(17)22/h3-12H,13H2,1-2H3,(H,25,29)/b23-12-. The minimum atomic E-state index is -0.388. The predicted octanol–water partition coefficient (Wildman–Crippen LogP) is 4.49. The predicted molar refractivity (Wildman–Crippen MR) is 113 cm³/mol. The molecule has 0 atom stereocenters. The van der Waals surface area contributed by atoms with E-state index in [1.165, 1.54) is 16.3 Å². The molecule has 0 radical (unpaired) electrons. The van der Waals surface area contributed by atoms with Crippen molar-refractivity contribution in [3.05, 3.63) is 87.7 Å². The summed E-state index contributed by atoms with van der Waals surface area (Å²) in [5, 5.41) is 15.9. The van der Waals surface area contributed by atoms with E-state index in [4.69, 9.17) is 12.2 Å². The Labute approximate surface area is 172 Å². The number of nitrogens with one attached hydrogen (secondary N) is 1. The van der Waals surface area contributed by atoms with Crippen molar-refractivity contribution in [2.75, 3.05) is 0 Å². The Kier molecular flexibility index (Phi) is 5.18. The largest absolute Gasteiger partial charge is 0.265 e. The van der Waals surface area contributed by atoms with Crippen molar-refractivity contribution in [1.29, 1.82) is 0 Å². The van der Waals surface area contributed by atoms with Crippen molar-refractivity contribution in [2.45, 2.75) is 20.4 Å². The molecule has 0 aliphatic rings. The van der Waals surface area contributed by atoms with Crippen LogP contribution in [-0.2, 0) is 6.54 Å². The average molecular weight is 406 g/mol. The number of hydrogen-bond donors (Lipinski definition) is 1. The van der Waals surface area contributed by atoms with Crippen molar-refractivity contribution >= 4 is 18.4 Å². The van der Waals surface area contributed by atoms with Gasteiger partial charge in [0.25, 0.3) is 0 Å². The number of benzene rings is 2. The number of nitrogens with zero attached hydrogens (tertiary/aromatic N) is 5. The first kappa shape index (κ1) is 18.9. The summed E-state index contributed by atoms with van der Waals surface area (Å²) < 4.78 is 17.8. The third kappa shape index (κ3) is 3.79. The second-order valence-electron chi connectivity index (χ2n) is 6.62. The van der Waals surface area contributed by atoms with E-state index in [-0.39, 0.29) is 10.6 Å². The van der Waals surface area contributed by atoms with Crippen molar-refractivity contribution in [1.82, 2.24) is 24.7 Å². The topological polar surface area (TPSA) is 63.8 Å². The van der Waals surface area contributed by atoms with E-state index in [9.17, 15) is 4.39 Å². The van der Waals surface area contributed by atoms with Gasteiger partial charge in [-0.15, -0.1) is 0 Å². The third-order valence-corrected chi connectivity index (χ3v) is 4.94. The van der Waals surface area contributed by atoms with Crippen molar-refractivity contribution in [3.63, 3.8) is 0 Å². The summed E-state index contributed by atoms with van der Waals surface area (Å²) in [6.07, 6.45) is 1.69. The van der Waals surface area contributed by atoms with Gasteiger partial charge in [-0.25, -0.2) is 9.49 Å². The Morgan fingerprint density at radius 3 is 2.59 bits per heavy atom. The van der Waals surface area contributed by atoms with E-state index in [1.807, 2.05) is 36.7 Å². The fraction of sp³-hybridized carbons (Fsp3) is 0.143. The summed E-state index contributed by atoms with van der Waals surface area (Å²) in [6.45, 7) is 4.60. The molecule has 4 rings (SSSR count). The number of aromatic amines is 1. The molecule has 0 fully saturated rings. The van der Waals surface area contributed by atoms with Gasteiger partial charge >= 0.3 is 0 Å². The molecule has 0 saturated heterocycles. The average Bonchev–Trinajstić information content (AvgIpc) is 3.21. The fourth-order valence-corrected chi connectivity index (χ4v) is 3.32. The van der Waals surface area contributed by atoms with Crippen LogP contribution in [0.4, 0.5) is 4.39 Å². The normalized spacial score (nSPS) is 11.4. The van der Waals surface area contributed by atoms with Crippen molar-refractivity contribution in [2.24, 2.45) is 5.10 Å². The molecule has 146 valence electrons. The SMILES string of the molecule is Cc1nn(Cc2ccccc2)c(C)c1/C=N\n1c(-c2ccccc2F)n[nH]c1=S. The van der Waals surface area contributed by atoms with Gasteiger partial charge in [0.1, 0.15) is 5.82 Å². The van der Waals surface area contributed by atoms with Gasteiger partial charge in [-0.05, 0) is 43.8 Å². The summed E-state index contributed by atoms with van der Waals surface area (Å²) >= 11 is 5.28. The highest BCUT2D eigenvalue weighted by Crippen LogP contribution is 2.21. The van der Waals surface area contributed by atoms with Gasteiger partial charge in [0, 0.05) is 11.3 Å². The maximum Gasteiger partial charge on any atom is 0.216 e. The molecule has 1 N–H and O–H groups in total. The molecular weight excluding hydrogens is 387 g/mol. The second kappa shape index (κ2) is 7.92. The summed E-state index contributed by atoms with van der Waals surface area (Å²) in [5.41, 5.74) is 4.22. The molecule has 2 aromatic heterocycles. The monoisotopic (exact) mass is 406 g/mol. The van der Waals surface area contributed by atoms with E-state index in [0.29, 0.717) is 17.9 Å². The Balaban J connectivity index is 1.68. The summed E-state index contributed by atoms with van der Waals surface area (Å²) in [5.74, 6) is -0.0719. The first-order valence-electron chi connectivity index (χ1n) is 9.09. The second-order valence-corrected chi connectivity index (χ2v) is 7.00. The van der Waals surface area contributed by atoms with Crippen LogP contribution in [0.15, 0.2) is 59.7 Å². The van der Waals surface area contributed by atoms with E-state index >= 15 is 0 Å². The van der Waals surface area contributed by atoms with Crippen LogP contribution < -0.4 is 0 Å². The van der Waals surface area contributed by atoms with Gasteiger partial charge in [-0.1, -0.05) is 42.5 Å². The Bertz CT molecular complexity index is 1240. The van der Waals surface area contributed by atoms with Crippen LogP contribution in [0, 0.1) is 24.4 Å². The lowest BCUT2D eigenvalue weighted by Crippen LogP contribution is -2.04. The zero-order valence-electron chi connectivity index (χ0n) is 16.0. The van der Waals surface area contributed by atoms with Gasteiger partial charge in [0.05, 0.1) is 24.0 Å². The van der Waals surface area contributed by atoms with Gasteiger partial charge in [-0.3, -0.25) is 4.68 Å². The maximum atomic E-state index is 14.2. The van der Waals surface area contributed by atoms with Gasteiger partial charge < -0.3 is 0 Å². The minimum absolute atomic E-state index is 0.284. The molecule has 2 heterocycles. The number of aryl methyl sites for hydroxylation is 1. The van der Waals surface area contributed by atoms with Crippen LogP contribution in [-0.4, -0.2) is 30.9 Å². The first-order valence-corrected chi connectivity index (χ1v) is 9.50. The Morgan fingerprint density at radius 2 is 1.83 bits per heavy atom. The van der Waals surface area contributed by atoms with Gasteiger partial charge in [-0.2, -0.15) is 20.0 Å². The van der Waals surface area contributed by atoms with Crippen LogP contribution in [0.2, 0.25) is 0 Å². The van der Waals surface area contributed by atoms with E-state index in [2.05, 4.69) is 32.5 Å². The smallest absolute Gasteiger partial charge is 0.216 e. The van der Waals surface area contributed by atoms with Crippen LogP contribution in [0.3, 0.4) is 0 Å². The zero-order chi connectivity index (χ0) is 20.4. The van der Waals surface area contributed by atoms with Gasteiger partial charge in [0.2, 0.25) is 4.77 Å². The number of rotatable bonds is 5. The Hall–Kier alpha value is -3.39. The highest BCUT2D eigenvalue weighted by atomic mass is 32.1. The minimum Gasteiger partial charge on any atom is -0.265 e. The molecule has 0 amide bonds. The lowest BCUT2D eigenvalue weighted by atomic mass is 10.2. The van der Waals surface area contributed by atoms with Crippen LogP contribution in [0.1, 0.15) is 22.5 Å². The zero-order valence-corrected chi connectivity index (χ0v) is 16.8. The third-order valence-electron chi connectivity index (χ3n) is 4.68. The lowest BCUT2D eigenvalue weighted by molar-refractivity contribution is 0.628. The van der Waals surface area contributed by atoms with Crippen molar-refractivity contribution < 1.29 is 4.39 Å². The molecule has 0 bridgehead atoms. The number of halogens is 1. The molecule has 2 aromatic carbocycles. The molecule has 0 unspecified atom stereocenters. The lowest BCUT2D eigenvalue weighted by Gasteiger charge is -2.05. The number of H-pyrrole nitrogens is 1. The highest BCUT2D eigenvalue weighted by Gasteiger charge is 2.14. The molecule has 0 aliphatic carbocycles. The summed E-state index contributed by atoms with van der Waals surface area (Å²) in [6, 6.07) is 16.5. The van der Waals surface area contributed by atoms with Gasteiger partial charge in [0.15, 0.2) is 5.82 Å². The van der Waals surface area contributed by atoms with E-state index in [0.717, 1.165) is 17.0 Å². The number of aromatic nitrogens is 5. The molecule has 0 saturated carbocycles. The van der Waals surface area contributed by atoms with Crippen LogP contribution >= 0.6 is 12.2 Å². The summed E-state index contributed by atoms with van der Waals surface area (Å²) in [4.78, 5) is 0. The van der Waals surface area contributed by atoms with Crippen molar-refractivity contribution in [3.8, 4) is 11.4 Å². The molecule has 8 heteroatoms. The fourth-order valence-electron chi connectivity index (χ4n) is 3.14. The molecule has 0 aliphatic heterocycles. The first-order chi connectivity index (χ1) is 14.0.